The van der Waals surface area contributed by atoms with Crippen LogP contribution in [0.25, 0.3) is 111 Å². The lowest BCUT2D eigenvalue weighted by atomic mass is 9.90. The highest BCUT2D eigenvalue weighted by Gasteiger charge is 2.27. The van der Waals surface area contributed by atoms with Crippen molar-refractivity contribution in [3.05, 3.63) is 188 Å². The average Bonchev–Trinajstić information content (AvgIpc) is 3.76. The van der Waals surface area contributed by atoms with Gasteiger partial charge in [-0.25, -0.2) is 15.0 Å². The molecule has 0 bridgehead atoms. The van der Waals surface area contributed by atoms with Gasteiger partial charge in [0.2, 0.25) is 0 Å². The third-order valence-corrected chi connectivity index (χ3v) is 11.3. The topological polar surface area (TPSA) is 48.5 Å². The molecule has 0 aliphatic carbocycles. The zero-order valence-corrected chi connectivity index (χ0v) is 30.1. The first kappa shape index (κ1) is 30.8. The van der Waals surface area contributed by atoms with E-state index in [0.29, 0.717) is 17.5 Å². The minimum absolute atomic E-state index is 0.638. The summed E-state index contributed by atoms with van der Waals surface area (Å²) < 4.78 is 4.88. The number of benzene rings is 8. The molecule has 0 atom stereocenters. The molecule has 0 N–H and O–H groups in total. The Morgan fingerprint density at radius 1 is 0.321 bits per heavy atom. The van der Waals surface area contributed by atoms with Crippen LogP contribution in [0.1, 0.15) is 0 Å². The quantitative estimate of drug-likeness (QED) is 0.182. The molecule has 12 rings (SSSR count). The molecule has 56 heavy (non-hydrogen) atoms. The predicted molar refractivity (Wildman–Crippen MR) is 229 cm³/mol. The van der Waals surface area contributed by atoms with E-state index in [1.165, 1.54) is 60.5 Å². The Hall–Kier alpha value is -7.63. The third kappa shape index (κ3) is 4.46. The van der Waals surface area contributed by atoms with Crippen molar-refractivity contribution in [1.82, 2.24) is 24.1 Å². The highest BCUT2D eigenvalue weighted by molar-refractivity contribution is 6.23. The summed E-state index contributed by atoms with van der Waals surface area (Å²) >= 11 is 0. The van der Waals surface area contributed by atoms with Crippen LogP contribution in [0.2, 0.25) is 0 Å². The van der Waals surface area contributed by atoms with Crippen LogP contribution < -0.4 is 0 Å². The maximum atomic E-state index is 4.99. The molecule has 0 fully saturated rings. The zero-order chi connectivity index (χ0) is 36.7. The molecule has 3 aromatic heterocycles. The first-order valence-corrected chi connectivity index (χ1v) is 19.0. The third-order valence-electron chi connectivity index (χ3n) is 11.3. The van der Waals surface area contributed by atoms with E-state index < -0.39 is 0 Å². The van der Waals surface area contributed by atoms with Crippen LogP contribution >= 0.6 is 0 Å². The molecule has 0 amide bonds. The van der Waals surface area contributed by atoms with Crippen LogP contribution in [0.3, 0.4) is 0 Å². The first-order chi connectivity index (χ1) is 27.8. The van der Waals surface area contributed by atoms with Crippen molar-refractivity contribution >= 4 is 43.6 Å². The molecule has 5 heteroatoms. The van der Waals surface area contributed by atoms with Gasteiger partial charge in [-0.3, -0.25) is 0 Å². The Balaban J connectivity index is 1.07. The lowest BCUT2D eigenvalue weighted by Gasteiger charge is -2.15. The first-order valence-electron chi connectivity index (χ1n) is 19.0. The summed E-state index contributed by atoms with van der Waals surface area (Å²) in [5.74, 6) is 1.94. The van der Waals surface area contributed by atoms with Crippen molar-refractivity contribution in [2.45, 2.75) is 0 Å². The molecule has 260 valence electrons. The van der Waals surface area contributed by atoms with E-state index >= 15 is 0 Å². The number of nitrogens with zero attached hydrogens (tertiary/aromatic N) is 5. The van der Waals surface area contributed by atoms with E-state index in [2.05, 4.69) is 137 Å². The normalized spacial score (nSPS) is 11.9. The van der Waals surface area contributed by atoms with E-state index in [9.17, 15) is 0 Å². The van der Waals surface area contributed by atoms with Gasteiger partial charge in [0.05, 0.1) is 27.8 Å². The summed E-state index contributed by atoms with van der Waals surface area (Å²) in [6, 6.07) is 66.8. The zero-order valence-electron chi connectivity index (χ0n) is 30.1. The standard InChI is InChI=1S/C51H31N5/c1-3-14-32(15-4-1)49-52-50(33-16-5-2-6-17-33)54-51(53-49)34-26-28-35(29-27-34)55-43-24-11-9-20-41(43)47-45(55)31-30-37-39-22-13-21-38-36-18-7-10-23-42(36)56(48(38)39)44-25-12-8-19-40(44)46(37)47/h1-31H. The summed E-state index contributed by atoms with van der Waals surface area (Å²) in [6.45, 7) is 0. The molecule has 11 aromatic rings. The van der Waals surface area contributed by atoms with E-state index in [1.807, 2.05) is 60.7 Å². The minimum atomic E-state index is 0.638. The molecule has 0 radical (unpaired) electrons. The minimum Gasteiger partial charge on any atom is -0.309 e. The molecule has 0 saturated heterocycles. The van der Waals surface area contributed by atoms with Crippen LogP contribution in [0, 0.1) is 0 Å². The summed E-state index contributed by atoms with van der Waals surface area (Å²) in [4.78, 5) is 14.9. The molecule has 4 heterocycles. The van der Waals surface area contributed by atoms with Gasteiger partial charge in [-0.15, -0.1) is 0 Å². The van der Waals surface area contributed by atoms with Gasteiger partial charge in [-0.2, -0.15) is 0 Å². The SMILES string of the molecule is c1ccc(-c2nc(-c3ccccc3)nc(-c3ccc(-n4c5ccccc5c5c6c(ccc54)-c4cccc5c7ccccc7n(c45)-c4ccccc4-6)cc3)n2)cc1. The lowest BCUT2D eigenvalue weighted by Crippen LogP contribution is -2.00. The van der Waals surface area contributed by atoms with Crippen LogP contribution in [-0.4, -0.2) is 24.1 Å². The summed E-state index contributed by atoms with van der Waals surface area (Å²) in [7, 11) is 0. The van der Waals surface area contributed by atoms with Crippen molar-refractivity contribution in [3.63, 3.8) is 0 Å². The molecule has 0 spiro atoms. The van der Waals surface area contributed by atoms with Gasteiger partial charge in [0, 0.05) is 60.6 Å². The largest absolute Gasteiger partial charge is 0.309 e. The fraction of sp³-hybridized carbons (Fsp3) is 0. The van der Waals surface area contributed by atoms with Crippen molar-refractivity contribution in [1.29, 1.82) is 0 Å². The Kier molecular flexibility index (Phi) is 6.56. The van der Waals surface area contributed by atoms with E-state index in [-0.39, 0.29) is 0 Å². The smallest absolute Gasteiger partial charge is 0.164 e. The molecular formula is C51H31N5. The van der Waals surface area contributed by atoms with Crippen LogP contribution in [0.15, 0.2) is 188 Å². The maximum Gasteiger partial charge on any atom is 0.164 e. The van der Waals surface area contributed by atoms with Crippen molar-refractivity contribution in [2.24, 2.45) is 0 Å². The second-order valence-corrected chi connectivity index (χ2v) is 14.4. The Morgan fingerprint density at radius 2 is 0.857 bits per heavy atom. The summed E-state index contributed by atoms with van der Waals surface area (Å²) in [6.07, 6.45) is 0. The van der Waals surface area contributed by atoms with Crippen LogP contribution in [-0.2, 0) is 0 Å². The van der Waals surface area contributed by atoms with Gasteiger partial charge in [0.15, 0.2) is 17.5 Å². The molecule has 0 saturated carbocycles. The van der Waals surface area contributed by atoms with Crippen LogP contribution in [0.4, 0.5) is 0 Å². The van der Waals surface area contributed by atoms with Gasteiger partial charge >= 0.3 is 0 Å². The molecule has 1 aliphatic heterocycles. The highest BCUT2D eigenvalue weighted by Crippen LogP contribution is 2.50. The Bertz CT molecular complexity index is 3280. The fourth-order valence-corrected chi connectivity index (χ4v) is 8.91. The fourth-order valence-electron chi connectivity index (χ4n) is 8.91. The van der Waals surface area contributed by atoms with E-state index in [4.69, 9.17) is 15.0 Å². The van der Waals surface area contributed by atoms with Crippen molar-refractivity contribution in [2.75, 3.05) is 0 Å². The highest BCUT2D eigenvalue weighted by atomic mass is 15.0. The number of aromatic nitrogens is 5. The Morgan fingerprint density at radius 3 is 1.55 bits per heavy atom. The van der Waals surface area contributed by atoms with Gasteiger partial charge in [-0.05, 0) is 54.1 Å². The molecule has 1 aliphatic rings. The number of hydrogen-bond donors (Lipinski definition) is 0. The number of rotatable bonds is 4. The van der Waals surface area contributed by atoms with Crippen LogP contribution in [0.5, 0.6) is 0 Å². The predicted octanol–water partition coefficient (Wildman–Crippen LogP) is 12.7. The second-order valence-electron chi connectivity index (χ2n) is 14.4. The van der Waals surface area contributed by atoms with Gasteiger partial charge in [0.25, 0.3) is 0 Å². The average molecular weight is 714 g/mol. The van der Waals surface area contributed by atoms with E-state index in [1.54, 1.807) is 0 Å². The number of hydrogen-bond acceptors (Lipinski definition) is 3. The Labute approximate surface area is 322 Å². The maximum absolute atomic E-state index is 4.99. The lowest BCUT2D eigenvalue weighted by molar-refractivity contribution is 1.07. The summed E-state index contributed by atoms with van der Waals surface area (Å²) in [5, 5.41) is 5.01. The molecular weight excluding hydrogens is 683 g/mol. The number of fused-ring (bicyclic) bond motifs is 12. The van der Waals surface area contributed by atoms with Gasteiger partial charge in [-0.1, -0.05) is 140 Å². The molecule has 8 aromatic carbocycles. The van der Waals surface area contributed by atoms with Gasteiger partial charge in [0.1, 0.15) is 0 Å². The van der Waals surface area contributed by atoms with Gasteiger partial charge < -0.3 is 9.13 Å². The number of para-hydroxylation sites is 4. The summed E-state index contributed by atoms with van der Waals surface area (Å²) in [5.41, 5.74) is 14.9. The monoisotopic (exact) mass is 713 g/mol. The van der Waals surface area contributed by atoms with Crippen molar-refractivity contribution < 1.29 is 0 Å². The van der Waals surface area contributed by atoms with Crippen molar-refractivity contribution in [3.8, 4) is 67.8 Å². The molecule has 5 nitrogen and oxygen atoms in total. The second kappa shape index (κ2) is 11.9. The molecule has 0 unspecified atom stereocenters. The van der Waals surface area contributed by atoms with E-state index in [0.717, 1.165) is 33.4 Å².